The Balaban J connectivity index is 2.07. The van der Waals surface area contributed by atoms with E-state index in [4.69, 9.17) is 5.73 Å². The van der Waals surface area contributed by atoms with Gasteiger partial charge in [-0.2, -0.15) is 0 Å². The number of nitrogens with two attached hydrogens (primary N) is 1. The molecule has 3 rings (SSSR count). The summed E-state index contributed by atoms with van der Waals surface area (Å²) in [7, 11) is 0. The van der Waals surface area contributed by atoms with E-state index in [9.17, 15) is 4.79 Å². The van der Waals surface area contributed by atoms with Crippen LogP contribution in [0.1, 0.15) is 6.42 Å². The minimum atomic E-state index is -0.294. The molecule has 3 aliphatic rings. The van der Waals surface area contributed by atoms with Gasteiger partial charge in [-0.1, -0.05) is 6.08 Å². The van der Waals surface area contributed by atoms with Crippen LogP contribution >= 0.6 is 0 Å². The zero-order valence-electron chi connectivity index (χ0n) is 7.13. The second-order valence-corrected chi connectivity index (χ2v) is 3.82. The average molecular weight is 177 g/mol. The molecule has 1 aliphatic heterocycles. The van der Waals surface area contributed by atoms with Crippen molar-refractivity contribution in [2.24, 2.45) is 17.6 Å². The molecule has 68 valence electrons. The van der Waals surface area contributed by atoms with Gasteiger partial charge < -0.3 is 11.2 Å². The summed E-state index contributed by atoms with van der Waals surface area (Å²) in [6.07, 6.45) is 3.02. The van der Waals surface area contributed by atoms with Gasteiger partial charge in [-0.15, -0.1) is 0 Å². The first-order valence-electron chi connectivity index (χ1n) is 4.51. The molecule has 0 radical (unpaired) electrons. The number of carbonyl (C=O) groups is 1. The van der Waals surface area contributed by atoms with Crippen molar-refractivity contribution in [2.45, 2.75) is 6.42 Å². The van der Waals surface area contributed by atoms with E-state index in [-0.39, 0.29) is 5.91 Å². The molecular formula is C9H11N3O. The number of carbonyl (C=O) groups excluding carboxylic acids is 1. The largest absolute Gasteiger partial charge is 0.366 e. The van der Waals surface area contributed by atoms with Gasteiger partial charge in [-0.05, 0) is 17.9 Å². The van der Waals surface area contributed by atoms with Gasteiger partial charge in [0.15, 0.2) is 0 Å². The van der Waals surface area contributed by atoms with E-state index in [0.717, 1.165) is 24.1 Å². The van der Waals surface area contributed by atoms with E-state index in [1.54, 1.807) is 0 Å². The van der Waals surface area contributed by atoms with Crippen molar-refractivity contribution in [3.05, 3.63) is 22.9 Å². The lowest BCUT2D eigenvalue weighted by Gasteiger charge is -2.13. The lowest BCUT2D eigenvalue weighted by atomic mass is 9.93. The molecule has 4 heteroatoms. The number of hydrogen-bond donors (Lipinski definition) is 3. The molecule has 0 aromatic heterocycles. The lowest BCUT2D eigenvalue weighted by Crippen LogP contribution is -2.22. The molecule has 0 spiro atoms. The van der Waals surface area contributed by atoms with Crippen LogP contribution in [0.2, 0.25) is 0 Å². The number of hydrogen-bond acceptors (Lipinski definition) is 3. The predicted octanol–water partition coefficient (Wildman–Crippen LogP) is -0.590. The van der Waals surface area contributed by atoms with Gasteiger partial charge in [0.05, 0.1) is 0 Å². The Kier molecular flexibility index (Phi) is 1.18. The smallest absolute Gasteiger partial charge is 0.248 e. The van der Waals surface area contributed by atoms with Gasteiger partial charge in [-0.25, -0.2) is 5.43 Å². The van der Waals surface area contributed by atoms with Crippen LogP contribution < -0.4 is 16.6 Å². The van der Waals surface area contributed by atoms with Crippen LogP contribution in [0, 0.1) is 11.8 Å². The fourth-order valence-electron chi connectivity index (χ4n) is 2.58. The first kappa shape index (κ1) is 7.15. The molecule has 1 fully saturated rings. The molecule has 0 aromatic rings. The van der Waals surface area contributed by atoms with E-state index in [2.05, 4.69) is 10.9 Å². The van der Waals surface area contributed by atoms with Gasteiger partial charge in [0.1, 0.15) is 0 Å². The van der Waals surface area contributed by atoms with E-state index >= 15 is 0 Å². The number of allylic oxidation sites excluding steroid dienone is 1. The maximum absolute atomic E-state index is 11.1. The van der Waals surface area contributed by atoms with Crippen LogP contribution in [0.4, 0.5) is 0 Å². The second kappa shape index (κ2) is 2.14. The zero-order valence-corrected chi connectivity index (χ0v) is 7.13. The fourth-order valence-corrected chi connectivity index (χ4v) is 2.58. The quantitative estimate of drug-likeness (QED) is 0.501. The van der Waals surface area contributed by atoms with Crippen molar-refractivity contribution in [2.75, 3.05) is 6.54 Å². The number of nitrogens with one attached hydrogen (secondary N) is 2. The van der Waals surface area contributed by atoms with Crippen molar-refractivity contribution in [3.63, 3.8) is 0 Å². The highest BCUT2D eigenvalue weighted by atomic mass is 16.1. The third kappa shape index (κ3) is 0.759. The van der Waals surface area contributed by atoms with Gasteiger partial charge in [0.25, 0.3) is 0 Å². The fraction of sp³-hybridized carbons (Fsp3) is 0.444. The first-order chi connectivity index (χ1) is 6.27. The minimum Gasteiger partial charge on any atom is -0.366 e. The molecular weight excluding hydrogens is 166 g/mol. The third-order valence-corrected chi connectivity index (χ3v) is 3.17. The van der Waals surface area contributed by atoms with Crippen LogP contribution in [-0.2, 0) is 4.79 Å². The van der Waals surface area contributed by atoms with Gasteiger partial charge in [-0.3, -0.25) is 4.79 Å². The first-order valence-corrected chi connectivity index (χ1v) is 4.51. The minimum absolute atomic E-state index is 0.294. The molecule has 0 aromatic carbocycles. The molecule has 4 nitrogen and oxygen atoms in total. The van der Waals surface area contributed by atoms with Crippen LogP contribution in [-0.4, -0.2) is 12.5 Å². The summed E-state index contributed by atoms with van der Waals surface area (Å²) in [6, 6.07) is 0. The SMILES string of the molecule is NC(=O)C1=CC2CC1=C1NNCC12. The van der Waals surface area contributed by atoms with E-state index in [0.29, 0.717) is 11.8 Å². The average Bonchev–Trinajstić information content (AvgIpc) is 2.75. The van der Waals surface area contributed by atoms with Crippen LogP contribution in [0.15, 0.2) is 22.9 Å². The molecule has 4 N–H and O–H groups in total. The summed E-state index contributed by atoms with van der Waals surface area (Å²) < 4.78 is 0. The highest BCUT2D eigenvalue weighted by Gasteiger charge is 2.43. The maximum Gasteiger partial charge on any atom is 0.248 e. The Morgan fingerprint density at radius 2 is 2.46 bits per heavy atom. The van der Waals surface area contributed by atoms with Gasteiger partial charge in [0, 0.05) is 23.7 Å². The molecule has 2 aliphatic carbocycles. The van der Waals surface area contributed by atoms with Crippen molar-refractivity contribution < 1.29 is 4.79 Å². The van der Waals surface area contributed by atoms with E-state index in [1.165, 1.54) is 5.70 Å². The summed E-state index contributed by atoms with van der Waals surface area (Å²) >= 11 is 0. The summed E-state index contributed by atoms with van der Waals surface area (Å²) in [5.41, 5.74) is 14.5. The van der Waals surface area contributed by atoms with Crippen molar-refractivity contribution in [1.29, 1.82) is 0 Å². The topological polar surface area (TPSA) is 67.2 Å². The molecule has 13 heavy (non-hydrogen) atoms. The van der Waals surface area contributed by atoms with Gasteiger partial charge >= 0.3 is 0 Å². The Morgan fingerprint density at radius 3 is 3.23 bits per heavy atom. The van der Waals surface area contributed by atoms with Crippen LogP contribution in [0.3, 0.4) is 0 Å². The second-order valence-electron chi connectivity index (χ2n) is 3.82. The molecule has 1 amide bonds. The van der Waals surface area contributed by atoms with Gasteiger partial charge in [0.2, 0.25) is 5.91 Å². The van der Waals surface area contributed by atoms with Crippen molar-refractivity contribution in [3.8, 4) is 0 Å². The number of hydrazine groups is 1. The zero-order chi connectivity index (χ0) is 9.00. The van der Waals surface area contributed by atoms with E-state index in [1.807, 2.05) is 6.08 Å². The predicted molar refractivity (Wildman–Crippen MR) is 47.0 cm³/mol. The van der Waals surface area contributed by atoms with E-state index < -0.39 is 0 Å². The molecule has 1 heterocycles. The normalized spacial score (nSPS) is 34.6. The maximum atomic E-state index is 11.1. The Bertz CT molecular complexity index is 356. The molecule has 2 bridgehead atoms. The summed E-state index contributed by atoms with van der Waals surface area (Å²) in [4.78, 5) is 11.1. The van der Waals surface area contributed by atoms with Crippen molar-refractivity contribution in [1.82, 2.24) is 10.9 Å². The lowest BCUT2D eigenvalue weighted by molar-refractivity contribution is -0.114. The molecule has 2 atom stereocenters. The Labute approximate surface area is 75.8 Å². The standard InChI is InChI=1S/C9H11N3O/c10-9(13)6-2-4-1-5(6)8-7(4)3-11-12-8/h2,4,7,11-12H,1,3H2,(H2,10,13). The number of primary amides is 1. The summed E-state index contributed by atoms with van der Waals surface area (Å²) in [5, 5.41) is 0. The number of fused-ring (bicyclic) bond motifs is 4. The number of amides is 1. The third-order valence-electron chi connectivity index (χ3n) is 3.17. The Morgan fingerprint density at radius 1 is 1.62 bits per heavy atom. The highest BCUT2D eigenvalue weighted by Crippen LogP contribution is 2.47. The molecule has 0 saturated carbocycles. The van der Waals surface area contributed by atoms with Crippen LogP contribution in [0.25, 0.3) is 0 Å². The Hall–Kier alpha value is -1.29. The summed E-state index contributed by atoms with van der Waals surface area (Å²) in [5.74, 6) is 0.755. The monoisotopic (exact) mass is 177 g/mol. The van der Waals surface area contributed by atoms with Crippen LogP contribution in [0.5, 0.6) is 0 Å². The van der Waals surface area contributed by atoms with Crippen molar-refractivity contribution >= 4 is 5.91 Å². The number of rotatable bonds is 1. The summed E-state index contributed by atoms with van der Waals surface area (Å²) in [6.45, 7) is 0.964. The molecule has 1 saturated heterocycles. The highest BCUT2D eigenvalue weighted by molar-refractivity contribution is 5.98. The molecule has 2 unspecified atom stereocenters.